The van der Waals surface area contributed by atoms with Gasteiger partial charge in [0.2, 0.25) is 5.91 Å². The van der Waals surface area contributed by atoms with E-state index < -0.39 is 6.04 Å². The maximum absolute atomic E-state index is 12.8. The summed E-state index contributed by atoms with van der Waals surface area (Å²) in [6.45, 7) is 4.31. The van der Waals surface area contributed by atoms with Crippen LogP contribution >= 0.6 is 11.6 Å². The van der Waals surface area contributed by atoms with Crippen molar-refractivity contribution >= 4 is 23.4 Å². The molecule has 0 radical (unpaired) electrons. The number of halogens is 1. The number of likely N-dealkylation sites (N-methyl/N-ethyl adjacent to an activating group) is 1. The smallest absolute Gasteiger partial charge is 0.253 e. The van der Waals surface area contributed by atoms with Crippen LogP contribution in [0.4, 0.5) is 0 Å². The molecule has 0 aliphatic rings. The van der Waals surface area contributed by atoms with Crippen molar-refractivity contribution in [3.63, 3.8) is 0 Å². The van der Waals surface area contributed by atoms with Crippen molar-refractivity contribution in [2.45, 2.75) is 26.4 Å². The lowest BCUT2D eigenvalue weighted by Crippen LogP contribution is -2.50. The molecule has 1 atom stereocenters. The molecule has 132 valence electrons. The highest BCUT2D eigenvalue weighted by Gasteiger charge is 2.27. The van der Waals surface area contributed by atoms with E-state index in [4.69, 9.17) is 11.6 Å². The third-order valence-electron chi connectivity index (χ3n) is 3.98. The first-order valence-corrected chi connectivity index (χ1v) is 8.62. The maximum atomic E-state index is 12.8. The summed E-state index contributed by atoms with van der Waals surface area (Å²) < 4.78 is 0. The Morgan fingerprint density at radius 3 is 2.24 bits per heavy atom. The van der Waals surface area contributed by atoms with Crippen LogP contribution in [0.15, 0.2) is 54.6 Å². The van der Waals surface area contributed by atoms with Crippen LogP contribution in [-0.4, -0.2) is 29.8 Å². The van der Waals surface area contributed by atoms with E-state index in [0.717, 1.165) is 5.56 Å². The summed E-state index contributed by atoms with van der Waals surface area (Å²) >= 11 is 6.08. The van der Waals surface area contributed by atoms with Crippen LogP contribution < -0.4 is 5.32 Å². The van der Waals surface area contributed by atoms with Gasteiger partial charge in [0.1, 0.15) is 6.04 Å². The third-order valence-corrected chi connectivity index (χ3v) is 4.31. The van der Waals surface area contributed by atoms with E-state index in [0.29, 0.717) is 17.1 Å². The number of benzene rings is 2. The minimum absolute atomic E-state index is 0.0443. The van der Waals surface area contributed by atoms with Crippen molar-refractivity contribution in [2.75, 3.05) is 7.05 Å². The predicted molar refractivity (Wildman–Crippen MR) is 100 cm³/mol. The first-order chi connectivity index (χ1) is 11.9. The van der Waals surface area contributed by atoms with Crippen LogP contribution in [0.5, 0.6) is 0 Å². The van der Waals surface area contributed by atoms with E-state index in [2.05, 4.69) is 5.32 Å². The molecule has 2 aromatic carbocycles. The number of hydrogen-bond donors (Lipinski definition) is 1. The summed E-state index contributed by atoms with van der Waals surface area (Å²) in [5.74, 6) is -0.512. The average Bonchev–Trinajstić information content (AvgIpc) is 2.59. The summed E-state index contributed by atoms with van der Waals surface area (Å²) in [5, 5.41) is 3.19. The molecule has 0 fully saturated rings. The molecular formula is C20H23ClN2O2. The largest absolute Gasteiger partial charge is 0.340 e. The Labute approximate surface area is 153 Å². The second-order valence-electron chi connectivity index (χ2n) is 6.35. The zero-order valence-corrected chi connectivity index (χ0v) is 15.5. The highest BCUT2D eigenvalue weighted by molar-refractivity contribution is 6.33. The van der Waals surface area contributed by atoms with Gasteiger partial charge >= 0.3 is 0 Å². The van der Waals surface area contributed by atoms with E-state index in [1.165, 1.54) is 0 Å². The van der Waals surface area contributed by atoms with Gasteiger partial charge in [-0.1, -0.05) is 67.9 Å². The summed E-state index contributed by atoms with van der Waals surface area (Å²) in [6, 6.07) is 15.9. The van der Waals surface area contributed by atoms with Gasteiger partial charge in [-0.25, -0.2) is 0 Å². The fourth-order valence-corrected chi connectivity index (χ4v) is 2.77. The highest BCUT2D eigenvalue weighted by Crippen LogP contribution is 2.16. The molecule has 4 nitrogen and oxygen atoms in total. The number of carbonyl (C=O) groups is 2. The minimum Gasteiger partial charge on any atom is -0.340 e. The average molecular weight is 359 g/mol. The molecule has 0 spiro atoms. The SMILES string of the molecule is CC(C)[C@H](NC(=O)c1ccccc1Cl)C(=O)N(C)Cc1ccccc1. The molecule has 2 amide bonds. The maximum Gasteiger partial charge on any atom is 0.253 e. The summed E-state index contributed by atoms with van der Waals surface area (Å²) in [5.41, 5.74) is 1.41. The van der Waals surface area contributed by atoms with Gasteiger partial charge in [0.15, 0.2) is 0 Å². The van der Waals surface area contributed by atoms with Crippen molar-refractivity contribution < 1.29 is 9.59 Å². The van der Waals surface area contributed by atoms with Crippen LogP contribution in [0.3, 0.4) is 0 Å². The standard InChI is InChI=1S/C20H23ClN2O2/c1-14(2)18(22-19(24)16-11-7-8-12-17(16)21)20(25)23(3)13-15-9-5-4-6-10-15/h4-12,14,18H,13H2,1-3H3,(H,22,24)/t18-/m0/s1. The fraction of sp³-hybridized carbons (Fsp3) is 0.300. The Bertz CT molecular complexity index is 731. The van der Waals surface area contributed by atoms with Crippen LogP contribution in [0.2, 0.25) is 5.02 Å². The topological polar surface area (TPSA) is 49.4 Å². The molecule has 0 aliphatic carbocycles. The van der Waals surface area contributed by atoms with E-state index in [1.54, 1.807) is 36.2 Å². The van der Waals surface area contributed by atoms with Crippen molar-refractivity contribution in [1.82, 2.24) is 10.2 Å². The van der Waals surface area contributed by atoms with E-state index in [9.17, 15) is 9.59 Å². The summed E-state index contributed by atoms with van der Waals surface area (Å²) in [6.07, 6.45) is 0. The number of carbonyl (C=O) groups excluding carboxylic acids is 2. The third kappa shape index (κ3) is 5.07. The molecule has 25 heavy (non-hydrogen) atoms. The van der Waals surface area contributed by atoms with Crippen LogP contribution in [0.25, 0.3) is 0 Å². The van der Waals surface area contributed by atoms with Crippen molar-refractivity contribution in [3.05, 3.63) is 70.7 Å². The van der Waals surface area contributed by atoms with Gasteiger partial charge in [0.05, 0.1) is 10.6 Å². The molecule has 0 aliphatic heterocycles. The molecule has 0 saturated carbocycles. The first-order valence-electron chi connectivity index (χ1n) is 8.24. The van der Waals surface area contributed by atoms with Gasteiger partial charge in [-0.2, -0.15) is 0 Å². The number of nitrogens with one attached hydrogen (secondary N) is 1. The quantitative estimate of drug-likeness (QED) is 0.854. The zero-order valence-electron chi connectivity index (χ0n) is 14.7. The highest BCUT2D eigenvalue weighted by atomic mass is 35.5. The molecule has 0 saturated heterocycles. The molecule has 0 heterocycles. The molecule has 2 rings (SSSR count). The van der Waals surface area contributed by atoms with Crippen LogP contribution in [0, 0.1) is 5.92 Å². The van der Waals surface area contributed by atoms with Crippen LogP contribution in [-0.2, 0) is 11.3 Å². The van der Waals surface area contributed by atoms with Crippen molar-refractivity contribution in [3.8, 4) is 0 Å². The zero-order chi connectivity index (χ0) is 18.4. The lowest BCUT2D eigenvalue weighted by Gasteiger charge is -2.27. The molecule has 2 aromatic rings. The number of nitrogens with zero attached hydrogens (tertiary/aromatic N) is 1. The van der Waals surface area contributed by atoms with Gasteiger partial charge < -0.3 is 10.2 Å². The molecular weight excluding hydrogens is 336 g/mol. The Morgan fingerprint density at radius 2 is 1.64 bits per heavy atom. The first kappa shape index (κ1) is 19.0. The van der Waals surface area contributed by atoms with Gasteiger partial charge in [-0.05, 0) is 23.6 Å². The minimum atomic E-state index is -0.613. The number of rotatable bonds is 6. The fourth-order valence-electron chi connectivity index (χ4n) is 2.55. The normalized spacial score (nSPS) is 11.9. The summed E-state index contributed by atoms with van der Waals surface area (Å²) in [4.78, 5) is 27.0. The molecule has 1 N–H and O–H groups in total. The number of amides is 2. The molecule has 0 unspecified atom stereocenters. The van der Waals surface area contributed by atoms with E-state index in [1.807, 2.05) is 44.2 Å². The Kier molecular flexibility index (Phi) is 6.59. The summed E-state index contributed by atoms with van der Waals surface area (Å²) in [7, 11) is 1.74. The number of hydrogen-bond acceptors (Lipinski definition) is 2. The predicted octanol–water partition coefficient (Wildman–Crippen LogP) is 3.75. The van der Waals surface area contributed by atoms with Crippen molar-refractivity contribution in [2.24, 2.45) is 5.92 Å². The van der Waals surface area contributed by atoms with E-state index in [-0.39, 0.29) is 17.7 Å². The van der Waals surface area contributed by atoms with Gasteiger partial charge in [-0.15, -0.1) is 0 Å². The van der Waals surface area contributed by atoms with Gasteiger partial charge in [0, 0.05) is 13.6 Å². The lowest BCUT2D eigenvalue weighted by molar-refractivity contribution is -0.133. The molecule has 0 bridgehead atoms. The van der Waals surface area contributed by atoms with Gasteiger partial charge in [-0.3, -0.25) is 9.59 Å². The Morgan fingerprint density at radius 1 is 1.04 bits per heavy atom. The van der Waals surface area contributed by atoms with E-state index >= 15 is 0 Å². The van der Waals surface area contributed by atoms with Gasteiger partial charge in [0.25, 0.3) is 5.91 Å². The lowest BCUT2D eigenvalue weighted by atomic mass is 10.0. The molecule has 0 aromatic heterocycles. The monoisotopic (exact) mass is 358 g/mol. The Hall–Kier alpha value is -2.33. The molecule has 5 heteroatoms. The van der Waals surface area contributed by atoms with Crippen molar-refractivity contribution in [1.29, 1.82) is 0 Å². The second kappa shape index (κ2) is 8.67. The van der Waals surface area contributed by atoms with Crippen LogP contribution in [0.1, 0.15) is 29.8 Å². The second-order valence-corrected chi connectivity index (χ2v) is 6.76. The Balaban J connectivity index is 2.10.